The summed E-state index contributed by atoms with van der Waals surface area (Å²) in [5, 5.41) is 10.2. The summed E-state index contributed by atoms with van der Waals surface area (Å²) < 4.78 is 1.71. The van der Waals surface area contributed by atoms with Crippen LogP contribution in [0.2, 0.25) is 0 Å². The normalized spacial score (nSPS) is 28.9. The highest BCUT2D eigenvalue weighted by atomic mass is 16.2. The highest BCUT2D eigenvalue weighted by Gasteiger charge is 2.46. The molecule has 0 spiro atoms. The van der Waals surface area contributed by atoms with Gasteiger partial charge in [-0.1, -0.05) is 6.92 Å². The maximum absolute atomic E-state index is 11.9. The monoisotopic (exact) mass is 248 g/mol. The first-order valence-corrected chi connectivity index (χ1v) is 6.76. The lowest BCUT2D eigenvalue weighted by Gasteiger charge is -2.14. The second-order valence-corrected chi connectivity index (χ2v) is 5.52. The summed E-state index contributed by atoms with van der Waals surface area (Å²) in [7, 11) is 1.85. The lowest BCUT2D eigenvalue weighted by molar-refractivity contribution is 0.247. The van der Waals surface area contributed by atoms with Gasteiger partial charge in [-0.25, -0.2) is 4.79 Å². The number of anilines is 1. The number of nitrogens with one attached hydrogen (secondary N) is 2. The molecule has 0 aromatic carbocycles. The highest BCUT2D eigenvalue weighted by molar-refractivity contribution is 5.88. The van der Waals surface area contributed by atoms with E-state index >= 15 is 0 Å². The van der Waals surface area contributed by atoms with Crippen LogP contribution in [0.1, 0.15) is 31.9 Å². The Hall–Kier alpha value is -1.52. The van der Waals surface area contributed by atoms with Crippen LogP contribution in [0.25, 0.3) is 0 Å². The highest BCUT2D eigenvalue weighted by Crippen LogP contribution is 2.51. The summed E-state index contributed by atoms with van der Waals surface area (Å²) in [6.07, 6.45) is 4.57. The molecule has 3 rings (SSSR count). The van der Waals surface area contributed by atoms with Gasteiger partial charge in [-0.3, -0.25) is 10.00 Å². The molecule has 2 saturated carbocycles. The van der Waals surface area contributed by atoms with Crippen LogP contribution in [-0.2, 0) is 13.5 Å². The Morgan fingerprint density at radius 3 is 2.78 bits per heavy atom. The number of hydrogen-bond acceptors (Lipinski definition) is 2. The van der Waals surface area contributed by atoms with Crippen LogP contribution >= 0.6 is 0 Å². The van der Waals surface area contributed by atoms with E-state index in [-0.39, 0.29) is 6.03 Å². The van der Waals surface area contributed by atoms with Gasteiger partial charge in [0.15, 0.2) is 0 Å². The molecular formula is C13H20N4O. The van der Waals surface area contributed by atoms with Crippen LogP contribution in [0, 0.1) is 11.8 Å². The summed E-state index contributed by atoms with van der Waals surface area (Å²) in [6, 6.07) is 2.19. The van der Waals surface area contributed by atoms with Crippen molar-refractivity contribution in [3.8, 4) is 0 Å². The predicted molar refractivity (Wildman–Crippen MR) is 69.4 cm³/mol. The molecule has 0 radical (unpaired) electrons. The van der Waals surface area contributed by atoms with Crippen molar-refractivity contribution in [2.24, 2.45) is 18.9 Å². The molecule has 1 aromatic rings. The Labute approximate surface area is 107 Å². The predicted octanol–water partition coefficient (Wildman–Crippen LogP) is 1.90. The molecule has 2 aliphatic carbocycles. The fourth-order valence-electron chi connectivity index (χ4n) is 2.99. The molecule has 2 amide bonds. The summed E-state index contributed by atoms with van der Waals surface area (Å²) in [5.74, 6) is 2.53. The average molecular weight is 248 g/mol. The van der Waals surface area contributed by atoms with E-state index in [1.807, 2.05) is 13.1 Å². The van der Waals surface area contributed by atoms with Gasteiger partial charge in [0.05, 0.1) is 5.69 Å². The van der Waals surface area contributed by atoms with Crippen molar-refractivity contribution in [1.29, 1.82) is 0 Å². The Balaban J connectivity index is 1.54. The first-order valence-electron chi connectivity index (χ1n) is 6.76. The van der Waals surface area contributed by atoms with Gasteiger partial charge in [0.1, 0.15) is 5.82 Å². The van der Waals surface area contributed by atoms with Crippen LogP contribution in [0.15, 0.2) is 6.07 Å². The molecule has 2 unspecified atom stereocenters. The second kappa shape index (κ2) is 4.30. The van der Waals surface area contributed by atoms with Crippen molar-refractivity contribution in [2.45, 2.75) is 38.6 Å². The minimum absolute atomic E-state index is 0.105. The van der Waals surface area contributed by atoms with E-state index in [9.17, 15) is 4.79 Å². The Kier molecular flexibility index (Phi) is 2.76. The van der Waals surface area contributed by atoms with Gasteiger partial charge in [0, 0.05) is 19.2 Å². The summed E-state index contributed by atoms with van der Waals surface area (Å²) in [5.41, 5.74) is 0.995. The average Bonchev–Trinajstić information content (AvgIpc) is 2.78. The minimum Gasteiger partial charge on any atom is -0.335 e. The summed E-state index contributed by atoms with van der Waals surface area (Å²) in [6.45, 7) is 2.05. The number of fused-ring (bicyclic) bond motifs is 1. The number of amides is 2. The smallest absolute Gasteiger partial charge is 0.320 e. The number of carbonyl (C=O) groups excluding carboxylic acids is 1. The molecule has 5 nitrogen and oxygen atoms in total. The van der Waals surface area contributed by atoms with E-state index in [0.29, 0.717) is 6.04 Å². The van der Waals surface area contributed by atoms with Gasteiger partial charge in [0.2, 0.25) is 0 Å². The molecule has 0 bridgehead atoms. The number of urea groups is 1. The molecule has 0 saturated heterocycles. The fourth-order valence-corrected chi connectivity index (χ4v) is 2.99. The molecule has 1 aromatic heterocycles. The zero-order valence-corrected chi connectivity index (χ0v) is 10.9. The molecule has 2 N–H and O–H groups in total. The van der Waals surface area contributed by atoms with Crippen molar-refractivity contribution in [3.63, 3.8) is 0 Å². The largest absolute Gasteiger partial charge is 0.335 e. The van der Waals surface area contributed by atoms with Crippen molar-refractivity contribution >= 4 is 11.8 Å². The molecule has 0 aliphatic heterocycles. The van der Waals surface area contributed by atoms with E-state index in [1.165, 1.54) is 6.42 Å². The molecule has 98 valence electrons. The number of nitrogens with zero attached hydrogens (tertiary/aromatic N) is 2. The fraction of sp³-hybridized carbons (Fsp3) is 0.692. The van der Waals surface area contributed by atoms with Crippen LogP contribution in [0.3, 0.4) is 0 Å². The van der Waals surface area contributed by atoms with Gasteiger partial charge >= 0.3 is 6.03 Å². The molecular weight excluding hydrogens is 228 g/mol. The quantitative estimate of drug-likeness (QED) is 0.858. The summed E-state index contributed by atoms with van der Waals surface area (Å²) >= 11 is 0. The first kappa shape index (κ1) is 11.6. The Morgan fingerprint density at radius 2 is 2.17 bits per heavy atom. The van der Waals surface area contributed by atoms with Gasteiger partial charge in [-0.05, 0) is 37.5 Å². The molecule has 1 heterocycles. The van der Waals surface area contributed by atoms with E-state index in [0.717, 1.165) is 42.6 Å². The third-order valence-corrected chi connectivity index (χ3v) is 4.11. The van der Waals surface area contributed by atoms with Gasteiger partial charge in [0.25, 0.3) is 0 Å². The zero-order chi connectivity index (χ0) is 12.7. The third-order valence-electron chi connectivity index (χ3n) is 4.11. The van der Waals surface area contributed by atoms with Crippen molar-refractivity contribution < 1.29 is 4.79 Å². The number of rotatable bonds is 3. The SMILES string of the molecule is CCc1cc(NC(=O)NC2CC3CC3C2)n(C)n1. The van der Waals surface area contributed by atoms with Crippen molar-refractivity contribution in [2.75, 3.05) is 5.32 Å². The Morgan fingerprint density at radius 1 is 1.44 bits per heavy atom. The molecule has 5 heteroatoms. The van der Waals surface area contributed by atoms with Crippen LogP contribution in [0.5, 0.6) is 0 Å². The lowest BCUT2D eigenvalue weighted by atomic mass is 10.2. The maximum atomic E-state index is 11.9. The summed E-state index contributed by atoms with van der Waals surface area (Å²) in [4.78, 5) is 11.9. The molecule has 2 atom stereocenters. The number of aryl methyl sites for hydroxylation is 2. The molecule has 18 heavy (non-hydrogen) atoms. The number of carbonyl (C=O) groups is 1. The molecule has 2 fully saturated rings. The topological polar surface area (TPSA) is 59.0 Å². The van der Waals surface area contributed by atoms with Crippen LogP contribution in [-0.4, -0.2) is 21.9 Å². The van der Waals surface area contributed by atoms with Gasteiger partial charge in [-0.15, -0.1) is 0 Å². The van der Waals surface area contributed by atoms with Gasteiger partial charge in [-0.2, -0.15) is 5.10 Å². The molecule has 2 aliphatic rings. The van der Waals surface area contributed by atoms with E-state index in [4.69, 9.17) is 0 Å². The van der Waals surface area contributed by atoms with Gasteiger partial charge < -0.3 is 5.32 Å². The van der Waals surface area contributed by atoms with E-state index < -0.39 is 0 Å². The standard InChI is InChI=1S/C13H20N4O/c1-3-10-7-12(17(2)16-10)15-13(18)14-11-5-8-4-9(8)6-11/h7-9,11H,3-6H2,1-2H3,(H2,14,15,18). The van der Waals surface area contributed by atoms with Crippen molar-refractivity contribution in [3.05, 3.63) is 11.8 Å². The zero-order valence-electron chi connectivity index (χ0n) is 10.9. The van der Waals surface area contributed by atoms with E-state index in [1.54, 1.807) is 4.68 Å². The third kappa shape index (κ3) is 2.21. The first-order chi connectivity index (χ1) is 8.65. The van der Waals surface area contributed by atoms with Crippen molar-refractivity contribution in [1.82, 2.24) is 15.1 Å². The lowest BCUT2D eigenvalue weighted by Crippen LogP contribution is -2.37. The van der Waals surface area contributed by atoms with Crippen LogP contribution in [0.4, 0.5) is 10.6 Å². The minimum atomic E-state index is -0.105. The second-order valence-electron chi connectivity index (χ2n) is 5.52. The Bertz CT molecular complexity index is 458. The maximum Gasteiger partial charge on any atom is 0.320 e. The van der Waals surface area contributed by atoms with E-state index in [2.05, 4.69) is 22.7 Å². The number of aromatic nitrogens is 2. The number of hydrogen-bond donors (Lipinski definition) is 2. The van der Waals surface area contributed by atoms with Crippen LogP contribution < -0.4 is 10.6 Å².